The highest BCUT2D eigenvalue weighted by atomic mass is 16.6. The summed E-state index contributed by atoms with van der Waals surface area (Å²) in [5.74, 6) is -8.72. The molecule has 4 aliphatic rings. The highest BCUT2D eigenvalue weighted by Crippen LogP contribution is 2.40. The zero-order chi connectivity index (χ0) is 95.4. The number of hydrogen-bond acceptors (Lipinski definition) is 30. The molecule has 2 aromatic carbocycles. The molecule has 730 valence electrons. The number of allylic oxidation sites excluding steroid dienone is 6. The highest BCUT2D eigenvalue weighted by Gasteiger charge is 2.53. The predicted octanol–water partition coefficient (Wildman–Crippen LogP) is 7.93. The Kier molecular flexibility index (Phi) is 42.6. The Morgan fingerprint density at radius 3 is 2.08 bits per heavy atom. The molecule has 15 atom stereocenters. The number of nitrogens with two attached hydrogens (primary N) is 2. The molecule has 10 rings (SSSR count). The third kappa shape index (κ3) is 31.3. The minimum Gasteiger partial charge on any atom is -0.508 e. The number of nitrogens with one attached hydrogen (secondary N) is 4. The number of phenols is 1. The number of aromatic nitrogens is 8. The highest BCUT2D eigenvalue weighted by molar-refractivity contribution is 6.39. The number of carbonyl (C=O) groups is 8. The third-order valence-electron chi connectivity index (χ3n) is 24.9. The van der Waals surface area contributed by atoms with Crippen molar-refractivity contribution in [3.05, 3.63) is 114 Å². The van der Waals surface area contributed by atoms with Crippen molar-refractivity contribution in [1.29, 1.82) is 0 Å². The number of amides is 4. The van der Waals surface area contributed by atoms with E-state index in [4.69, 9.17) is 73.4 Å². The van der Waals surface area contributed by atoms with E-state index < -0.39 is 83.8 Å². The first-order valence-electron chi connectivity index (χ1n) is 46.6. The molecule has 6 aromatic rings. The Balaban J connectivity index is 0.574. The molecule has 37 nitrogen and oxygen atoms in total. The quantitative estimate of drug-likeness (QED) is 0.00760. The van der Waals surface area contributed by atoms with Gasteiger partial charge in [0.2, 0.25) is 17.6 Å². The molecule has 37 heteroatoms. The Morgan fingerprint density at radius 2 is 1.39 bits per heavy atom. The number of Topliss-reactive ketones (excluding diaryl/α,β-unsaturated/α-hetero) is 3. The molecule has 2 bridgehead atoms. The van der Waals surface area contributed by atoms with Crippen LogP contribution in [-0.2, 0) is 96.9 Å². The van der Waals surface area contributed by atoms with E-state index in [0.717, 1.165) is 39.9 Å². The number of phenolic OH excluding ortho intramolecular Hbond substituents is 1. The first kappa shape index (κ1) is 105. The number of unbranched alkanes of at least 4 members (excludes halogenated alkanes) is 1. The van der Waals surface area contributed by atoms with Gasteiger partial charge in [-0.15, -0.1) is 5.10 Å². The number of ether oxygens (including phenoxy) is 12. The molecule has 11 N–H and O–H groups in total. The summed E-state index contributed by atoms with van der Waals surface area (Å²) in [6.07, 6.45) is 15.1. The summed E-state index contributed by atoms with van der Waals surface area (Å²) in [6.45, 7) is 16.6. The monoisotopic (exact) mass is 1860 g/mol. The minimum atomic E-state index is -2.51. The summed E-state index contributed by atoms with van der Waals surface area (Å²) in [5.41, 5.74) is 19.0. The van der Waals surface area contributed by atoms with E-state index >= 15 is 0 Å². The number of ketones is 3. The van der Waals surface area contributed by atoms with E-state index in [1.165, 1.54) is 13.4 Å². The average Bonchev–Trinajstić information content (AvgIpc) is 1.60. The van der Waals surface area contributed by atoms with Gasteiger partial charge in [-0.3, -0.25) is 33.6 Å². The maximum Gasteiger partial charge on any atom is 0.329 e. The SMILES string of the molecule is CO[C@H]1C[C@@H]2CC[C@@H](C)[C@@](O)(O2)C(=O)C(=O)N2CCCC[C@H]2C(=O)O[C@H]([C@H](N)C[C@@H]2CC[C@H](n3cc(-c4cccc(C(=O)NCCOCCOCCOCCC(=O)NCCOCCOCCOCCOCCC(=O)NCCCCn5nc(-c6cc7cc(O)ccc7[nH]6)c6c(N)ncnc65)c4)nn3)[C@H](OC)C2)CC(=O)[C@H](C)/C=C(\C)[C@@H](O)[C@@H](OC)C(=O)[C@H](C)C[C@H](C)/C=C/C=C/C=C/1C. The first-order chi connectivity index (χ1) is 64.2. The van der Waals surface area contributed by atoms with Crippen molar-refractivity contribution in [3.63, 3.8) is 0 Å². The van der Waals surface area contributed by atoms with Gasteiger partial charge >= 0.3 is 5.97 Å². The van der Waals surface area contributed by atoms with E-state index in [1.54, 1.807) is 93.8 Å². The van der Waals surface area contributed by atoms with E-state index in [-0.39, 0.29) is 144 Å². The summed E-state index contributed by atoms with van der Waals surface area (Å²) in [7, 11) is 4.53. The Bertz CT molecular complexity index is 4880. The molecular formula is C96H138N14O23. The van der Waals surface area contributed by atoms with Crippen LogP contribution in [0.25, 0.3) is 44.6 Å². The van der Waals surface area contributed by atoms with Crippen LogP contribution in [0, 0.1) is 29.6 Å². The number of hydrogen-bond donors (Lipinski definition) is 9. The lowest BCUT2D eigenvalue weighted by atomic mass is 9.79. The number of benzene rings is 2. The summed E-state index contributed by atoms with van der Waals surface area (Å²) in [4.78, 5) is 124. The van der Waals surface area contributed by atoms with Crippen LogP contribution in [0.2, 0.25) is 0 Å². The Hall–Kier alpha value is -9.97. The fourth-order valence-corrected chi connectivity index (χ4v) is 17.2. The lowest BCUT2D eigenvalue weighted by molar-refractivity contribution is -0.265. The molecule has 1 saturated carbocycles. The number of nitrogens with zero attached hydrogens (tertiary/aromatic N) is 8. The standard InChI is InChI=1S/C96H138N14O23/c1-61-18-11-10-12-19-62(2)80(122-7)57-72-26-23-66(6)96(121,133-72)90(117)94(119)108-34-15-13-22-78(108)95(120)132-81(58-79(112)63(3)51-65(5)88(116)89(124-9)87(115)64(4)50-61)73(97)52-67-24-28-77(82(53-67)123-8)110-59-76(105-107-110)68-20-17-21-69(54-68)93(118)101-33-39-128-43-47-129-44-40-126-37-30-84(114)100-32-38-127-42-46-131-49-48-130-45-41-125-36-29-83(113)99-31-14-16-35-109-92-85(91(98)102-60-103-92)86(106-109)75-56-70-55-71(111)25-27-74(70)104-75/h10-12,17-21,25,27,51,54-56,59-61,63-64,66-67,72-73,77-78,80-82,88-89,104,111,116,121H,13-16,22-24,26,28-50,52-53,57-58,97H2,1-9H3,(H,99,113)(H,100,114)(H,101,118)(H2,98,102,103)/b12-10+,18-11+,62-19+,65-51+/t61-,63-,64-,66-,67+,72+,73-,77+,78+,80+,81+,82-,88-,89+,96-/m1/s1. The number of fused-ring (bicyclic) bond motifs is 5. The van der Waals surface area contributed by atoms with Gasteiger partial charge in [-0.05, 0) is 150 Å². The zero-order valence-electron chi connectivity index (χ0n) is 78.3. The molecule has 0 unspecified atom stereocenters. The summed E-state index contributed by atoms with van der Waals surface area (Å²) < 4.78 is 72.9. The number of H-pyrrole nitrogens is 1. The van der Waals surface area contributed by atoms with Gasteiger partial charge in [0.1, 0.15) is 59.4 Å². The molecule has 3 aliphatic heterocycles. The van der Waals surface area contributed by atoms with Gasteiger partial charge < -0.3 is 109 Å². The van der Waals surface area contributed by atoms with Crippen LogP contribution in [-0.4, -0.2) is 301 Å². The third-order valence-corrected chi connectivity index (χ3v) is 24.9. The van der Waals surface area contributed by atoms with Crippen LogP contribution in [0.3, 0.4) is 0 Å². The number of aromatic amines is 1. The number of rotatable bonds is 42. The second kappa shape index (κ2) is 53.9. The Morgan fingerprint density at radius 1 is 0.714 bits per heavy atom. The smallest absolute Gasteiger partial charge is 0.329 e. The summed E-state index contributed by atoms with van der Waals surface area (Å²) in [6, 6.07) is 11.6. The van der Waals surface area contributed by atoms with Crippen molar-refractivity contribution in [2.75, 3.05) is 146 Å². The number of nitrogen functional groups attached to an aromatic ring is 1. The fourth-order valence-electron chi connectivity index (χ4n) is 17.2. The van der Waals surface area contributed by atoms with Crippen molar-refractivity contribution in [2.24, 2.45) is 35.3 Å². The molecule has 2 saturated heterocycles. The number of anilines is 1. The average molecular weight is 1860 g/mol. The van der Waals surface area contributed by atoms with Crippen LogP contribution in [0.4, 0.5) is 5.82 Å². The van der Waals surface area contributed by atoms with Crippen LogP contribution >= 0.6 is 0 Å². The van der Waals surface area contributed by atoms with Crippen molar-refractivity contribution >= 4 is 74.7 Å². The lowest BCUT2D eigenvalue weighted by Gasteiger charge is -2.42. The van der Waals surface area contributed by atoms with Gasteiger partial charge in [0.25, 0.3) is 17.6 Å². The van der Waals surface area contributed by atoms with Crippen molar-refractivity contribution < 1.29 is 111 Å². The van der Waals surface area contributed by atoms with Crippen LogP contribution in [0.5, 0.6) is 5.75 Å². The van der Waals surface area contributed by atoms with Crippen LogP contribution < -0.4 is 27.4 Å². The fraction of sp³-hybridized carbons (Fsp3) is 0.615. The number of aliphatic hydroxyl groups is 2. The molecular weight excluding hydrogens is 1720 g/mol. The molecule has 7 heterocycles. The predicted molar refractivity (Wildman–Crippen MR) is 494 cm³/mol. The van der Waals surface area contributed by atoms with Crippen molar-refractivity contribution in [1.82, 2.24) is 60.6 Å². The molecule has 133 heavy (non-hydrogen) atoms. The molecule has 0 spiro atoms. The second-order valence-corrected chi connectivity index (χ2v) is 34.9. The zero-order valence-corrected chi connectivity index (χ0v) is 78.3. The molecule has 4 aromatic heterocycles. The number of esters is 1. The van der Waals surface area contributed by atoms with Gasteiger partial charge in [0.15, 0.2) is 11.4 Å². The van der Waals surface area contributed by atoms with E-state index in [2.05, 4.69) is 41.2 Å². The van der Waals surface area contributed by atoms with E-state index in [9.17, 15) is 53.7 Å². The number of cyclic esters (lactones) is 1. The van der Waals surface area contributed by atoms with Gasteiger partial charge in [-0.2, -0.15) is 5.10 Å². The number of aromatic hydroxyl groups is 1. The van der Waals surface area contributed by atoms with Gasteiger partial charge in [-0.1, -0.05) is 81.5 Å². The number of carbonyl (C=O) groups excluding carboxylic acids is 8. The largest absolute Gasteiger partial charge is 0.508 e. The Labute approximate surface area is 777 Å². The minimum absolute atomic E-state index is 0.0106. The second-order valence-electron chi connectivity index (χ2n) is 34.9. The van der Waals surface area contributed by atoms with E-state index in [0.29, 0.717) is 175 Å². The number of piperidine rings is 1. The first-order valence-corrected chi connectivity index (χ1v) is 46.6. The maximum absolute atomic E-state index is 14.8. The summed E-state index contributed by atoms with van der Waals surface area (Å²) in [5, 5.41) is 57.7. The molecule has 4 amide bonds. The number of methoxy groups -OCH3 is 3. The number of aryl methyl sites for hydroxylation is 1. The van der Waals surface area contributed by atoms with Crippen LogP contribution in [0.1, 0.15) is 161 Å². The van der Waals surface area contributed by atoms with Crippen LogP contribution in [0.15, 0.2) is 109 Å². The molecule has 1 aliphatic carbocycles. The van der Waals surface area contributed by atoms with Gasteiger partial charge in [0.05, 0.1) is 134 Å². The molecule has 3 fully saturated rings. The van der Waals surface area contributed by atoms with Gasteiger partial charge in [-0.25, -0.2) is 24.1 Å². The van der Waals surface area contributed by atoms with Gasteiger partial charge in [0, 0.05) is 126 Å². The van der Waals surface area contributed by atoms with E-state index in [1.807, 2.05) is 62.6 Å². The lowest BCUT2D eigenvalue weighted by Crippen LogP contribution is -2.61. The maximum atomic E-state index is 14.8. The number of aliphatic hydroxyl groups excluding tert-OH is 1. The topological polar surface area (TPSA) is 489 Å². The normalized spacial score (nSPS) is 25.7. The van der Waals surface area contributed by atoms with Crippen molar-refractivity contribution in [3.8, 4) is 28.4 Å². The molecule has 0 radical (unpaired) electrons. The van der Waals surface area contributed by atoms with Crippen molar-refractivity contribution in [2.45, 2.75) is 211 Å². The summed E-state index contributed by atoms with van der Waals surface area (Å²) >= 11 is 0.